The zero-order chi connectivity index (χ0) is 13.0. The lowest BCUT2D eigenvalue weighted by atomic mass is 10.1. The van der Waals surface area contributed by atoms with Crippen molar-refractivity contribution >= 4 is 6.21 Å². The van der Waals surface area contributed by atoms with E-state index < -0.39 is 0 Å². The molecule has 2 aromatic carbocycles. The maximum absolute atomic E-state index is 11.8. The Balaban J connectivity index is 2.15. The summed E-state index contributed by atoms with van der Waals surface area (Å²) in [6, 6.07) is 15.8. The molecule has 0 heterocycles. The van der Waals surface area contributed by atoms with E-state index in [4.69, 9.17) is 0 Å². The summed E-state index contributed by atoms with van der Waals surface area (Å²) in [6.45, 7) is 4.50. The minimum atomic E-state index is 0.383. The third-order valence-corrected chi connectivity index (χ3v) is 3.01. The quantitative estimate of drug-likeness (QED) is 0.349. The Morgan fingerprint density at radius 1 is 1.00 bits per heavy atom. The van der Waals surface area contributed by atoms with Gasteiger partial charge in [0, 0.05) is 11.1 Å². The number of benzene rings is 2. The van der Waals surface area contributed by atoms with Crippen molar-refractivity contribution < 1.29 is 4.74 Å². The van der Waals surface area contributed by atoms with Crippen LogP contribution in [0, 0.1) is 19.1 Å². The second-order valence-electron chi connectivity index (χ2n) is 4.53. The highest BCUT2D eigenvalue weighted by Gasteiger charge is 2.00. The first-order valence-corrected chi connectivity index (χ1v) is 6.05. The van der Waals surface area contributed by atoms with Crippen molar-refractivity contribution in [1.29, 1.82) is 0 Å². The molecule has 0 N–H and O–H groups in total. The maximum atomic E-state index is 11.8. The molecule has 0 aliphatic rings. The van der Waals surface area contributed by atoms with Gasteiger partial charge in [-0.25, -0.2) is 4.74 Å². The summed E-state index contributed by atoms with van der Waals surface area (Å²) in [6.07, 6.45) is 1.64. The van der Waals surface area contributed by atoms with Crippen LogP contribution in [-0.2, 0) is 6.54 Å². The number of hydroxylamine groups is 1. The van der Waals surface area contributed by atoms with Gasteiger partial charge in [-0.1, -0.05) is 36.4 Å². The van der Waals surface area contributed by atoms with Crippen LogP contribution in [0.2, 0.25) is 0 Å². The molecule has 2 heteroatoms. The molecule has 0 radical (unpaired) electrons. The standard InChI is InChI=1S/C16H17NO/c1-13-8-9-16(10-14(13)2)12-17(18)11-15-6-4-3-5-7-15/h3-10,12H,11H2,1-2H3. The first-order chi connectivity index (χ1) is 8.65. The van der Waals surface area contributed by atoms with Crippen LogP contribution in [0.5, 0.6) is 0 Å². The number of nitrogens with zero attached hydrogens (tertiary/aromatic N) is 1. The van der Waals surface area contributed by atoms with Gasteiger partial charge >= 0.3 is 0 Å². The number of hydrogen-bond donors (Lipinski definition) is 0. The van der Waals surface area contributed by atoms with E-state index in [2.05, 4.69) is 13.8 Å². The van der Waals surface area contributed by atoms with Crippen LogP contribution < -0.4 is 0 Å². The summed E-state index contributed by atoms with van der Waals surface area (Å²) in [5.74, 6) is 0. The fourth-order valence-electron chi connectivity index (χ4n) is 1.82. The number of aryl methyl sites for hydroxylation is 2. The fraction of sp³-hybridized carbons (Fsp3) is 0.188. The molecule has 0 fully saturated rings. The second kappa shape index (κ2) is 5.50. The van der Waals surface area contributed by atoms with E-state index in [1.165, 1.54) is 11.1 Å². The van der Waals surface area contributed by atoms with Gasteiger partial charge in [-0.3, -0.25) is 0 Å². The Morgan fingerprint density at radius 2 is 1.72 bits per heavy atom. The predicted molar refractivity (Wildman–Crippen MR) is 74.9 cm³/mol. The minimum Gasteiger partial charge on any atom is -0.624 e. The van der Waals surface area contributed by atoms with Gasteiger partial charge in [-0.2, -0.15) is 0 Å². The SMILES string of the molecule is Cc1ccc(C=[N+]([O-])Cc2ccccc2)cc1C. The maximum Gasteiger partial charge on any atom is 0.182 e. The van der Waals surface area contributed by atoms with Crippen LogP contribution in [-0.4, -0.2) is 11.0 Å². The van der Waals surface area contributed by atoms with Crippen molar-refractivity contribution in [3.05, 3.63) is 76.0 Å². The van der Waals surface area contributed by atoms with Gasteiger partial charge in [-0.15, -0.1) is 0 Å². The molecule has 2 nitrogen and oxygen atoms in total. The normalized spacial score (nSPS) is 11.6. The summed E-state index contributed by atoms with van der Waals surface area (Å²) in [5, 5.41) is 11.8. The molecule has 92 valence electrons. The molecule has 0 amide bonds. The molecule has 0 unspecified atom stereocenters. The molecule has 0 saturated carbocycles. The van der Waals surface area contributed by atoms with Crippen molar-refractivity contribution in [3.63, 3.8) is 0 Å². The monoisotopic (exact) mass is 239 g/mol. The average Bonchev–Trinajstić information content (AvgIpc) is 2.35. The number of rotatable bonds is 3. The lowest BCUT2D eigenvalue weighted by Gasteiger charge is -2.05. The Hall–Kier alpha value is -2.09. The van der Waals surface area contributed by atoms with E-state index in [-0.39, 0.29) is 0 Å². The lowest BCUT2D eigenvalue weighted by molar-refractivity contribution is -0.469. The number of hydrogen-bond acceptors (Lipinski definition) is 1. The largest absolute Gasteiger partial charge is 0.624 e. The third kappa shape index (κ3) is 3.20. The van der Waals surface area contributed by atoms with E-state index >= 15 is 0 Å². The summed E-state index contributed by atoms with van der Waals surface area (Å²) >= 11 is 0. The van der Waals surface area contributed by atoms with Gasteiger partial charge in [0.2, 0.25) is 0 Å². The van der Waals surface area contributed by atoms with Crippen molar-refractivity contribution in [2.45, 2.75) is 20.4 Å². The highest BCUT2D eigenvalue weighted by molar-refractivity contribution is 5.76. The molecule has 18 heavy (non-hydrogen) atoms. The molecular weight excluding hydrogens is 222 g/mol. The van der Waals surface area contributed by atoms with Gasteiger partial charge in [0.05, 0.1) is 0 Å². The second-order valence-corrected chi connectivity index (χ2v) is 4.53. The van der Waals surface area contributed by atoms with Crippen molar-refractivity contribution in [3.8, 4) is 0 Å². The molecule has 0 aliphatic heterocycles. The molecular formula is C16H17NO. The van der Waals surface area contributed by atoms with E-state index in [9.17, 15) is 5.21 Å². The predicted octanol–water partition coefficient (Wildman–Crippen LogP) is 3.43. The Morgan fingerprint density at radius 3 is 2.39 bits per heavy atom. The molecule has 0 atom stereocenters. The molecule has 2 aromatic rings. The van der Waals surface area contributed by atoms with Crippen LogP contribution in [0.25, 0.3) is 0 Å². The van der Waals surface area contributed by atoms with Gasteiger partial charge in [0.25, 0.3) is 0 Å². The molecule has 0 aromatic heterocycles. The molecule has 0 saturated heterocycles. The first-order valence-electron chi connectivity index (χ1n) is 6.05. The summed E-state index contributed by atoms with van der Waals surface area (Å²) in [7, 11) is 0. The van der Waals surface area contributed by atoms with Gasteiger partial charge in [0.15, 0.2) is 12.8 Å². The van der Waals surface area contributed by atoms with Crippen molar-refractivity contribution in [2.75, 3.05) is 0 Å². The summed E-state index contributed by atoms with van der Waals surface area (Å²) in [5.41, 5.74) is 4.42. The summed E-state index contributed by atoms with van der Waals surface area (Å²) < 4.78 is 0.972. The topological polar surface area (TPSA) is 26.1 Å². The van der Waals surface area contributed by atoms with Crippen molar-refractivity contribution in [2.24, 2.45) is 0 Å². The molecule has 2 rings (SSSR count). The van der Waals surface area contributed by atoms with E-state index in [1.807, 2.05) is 48.5 Å². The van der Waals surface area contributed by atoms with Crippen molar-refractivity contribution in [1.82, 2.24) is 0 Å². The molecule has 0 spiro atoms. The van der Waals surface area contributed by atoms with Crippen LogP contribution in [0.4, 0.5) is 0 Å². The van der Waals surface area contributed by atoms with E-state index in [0.717, 1.165) is 15.9 Å². The van der Waals surface area contributed by atoms with Crippen LogP contribution in [0.1, 0.15) is 22.3 Å². The molecule has 0 bridgehead atoms. The minimum absolute atomic E-state index is 0.383. The molecule has 0 aliphatic carbocycles. The highest BCUT2D eigenvalue weighted by Crippen LogP contribution is 2.08. The zero-order valence-electron chi connectivity index (χ0n) is 10.8. The Bertz CT molecular complexity index is 559. The van der Waals surface area contributed by atoms with Crippen LogP contribution in [0.15, 0.2) is 48.5 Å². The first kappa shape index (κ1) is 12.4. The highest BCUT2D eigenvalue weighted by atomic mass is 16.5. The Kier molecular flexibility index (Phi) is 3.78. The fourth-order valence-corrected chi connectivity index (χ4v) is 1.82. The van der Waals surface area contributed by atoms with Crippen LogP contribution in [0.3, 0.4) is 0 Å². The average molecular weight is 239 g/mol. The van der Waals surface area contributed by atoms with Gasteiger partial charge in [0.1, 0.15) is 0 Å². The smallest absolute Gasteiger partial charge is 0.182 e. The van der Waals surface area contributed by atoms with Gasteiger partial charge in [-0.05, 0) is 37.1 Å². The zero-order valence-corrected chi connectivity index (χ0v) is 10.8. The van der Waals surface area contributed by atoms with Gasteiger partial charge < -0.3 is 5.21 Å². The summed E-state index contributed by atoms with van der Waals surface area (Å²) in [4.78, 5) is 0. The van der Waals surface area contributed by atoms with E-state index in [1.54, 1.807) is 6.21 Å². The van der Waals surface area contributed by atoms with Crippen LogP contribution >= 0.6 is 0 Å². The lowest BCUT2D eigenvalue weighted by Crippen LogP contribution is -2.05. The van der Waals surface area contributed by atoms with E-state index in [0.29, 0.717) is 6.54 Å². The Labute approximate surface area is 108 Å². The third-order valence-electron chi connectivity index (χ3n) is 3.01.